The molecular formula is C20H12F4N4. The highest BCUT2D eigenvalue weighted by molar-refractivity contribution is 5.84. The smallest absolute Gasteiger partial charge is 0.340 e. The zero-order valence-electron chi connectivity index (χ0n) is 14.2. The first kappa shape index (κ1) is 17.8. The molecule has 28 heavy (non-hydrogen) atoms. The van der Waals surface area contributed by atoms with Crippen molar-refractivity contribution in [3.8, 4) is 11.3 Å². The van der Waals surface area contributed by atoms with E-state index in [-0.39, 0.29) is 5.56 Å². The van der Waals surface area contributed by atoms with Gasteiger partial charge in [-0.3, -0.25) is 4.98 Å². The largest absolute Gasteiger partial charge is 0.416 e. The Hall–Kier alpha value is -3.55. The summed E-state index contributed by atoms with van der Waals surface area (Å²) in [5.74, 6) is -0.134. The molecule has 0 aliphatic carbocycles. The highest BCUT2D eigenvalue weighted by atomic mass is 19.4. The van der Waals surface area contributed by atoms with Crippen molar-refractivity contribution in [1.29, 1.82) is 0 Å². The second kappa shape index (κ2) is 6.88. The number of pyridine rings is 1. The molecule has 0 fully saturated rings. The van der Waals surface area contributed by atoms with Crippen molar-refractivity contribution in [2.45, 2.75) is 6.18 Å². The van der Waals surface area contributed by atoms with Crippen LogP contribution in [-0.4, -0.2) is 15.0 Å². The van der Waals surface area contributed by atoms with Crippen LogP contribution in [0.4, 0.5) is 29.1 Å². The van der Waals surface area contributed by atoms with E-state index in [1.54, 1.807) is 24.4 Å². The van der Waals surface area contributed by atoms with Crippen LogP contribution < -0.4 is 5.32 Å². The Morgan fingerprint density at radius 2 is 1.64 bits per heavy atom. The summed E-state index contributed by atoms with van der Waals surface area (Å²) in [7, 11) is 0. The maximum absolute atomic E-state index is 14.5. The summed E-state index contributed by atoms with van der Waals surface area (Å²) >= 11 is 0. The van der Waals surface area contributed by atoms with Gasteiger partial charge in [-0.25, -0.2) is 14.4 Å². The Labute approximate surface area is 156 Å². The van der Waals surface area contributed by atoms with Gasteiger partial charge in [-0.05, 0) is 42.5 Å². The molecule has 0 radical (unpaired) electrons. The van der Waals surface area contributed by atoms with E-state index in [4.69, 9.17) is 0 Å². The SMILES string of the molecule is Fc1cc2cccnc2cc1-c1cc(Nc2ccc(C(F)(F)F)cc2)ncn1. The van der Waals surface area contributed by atoms with Crippen LogP contribution >= 0.6 is 0 Å². The van der Waals surface area contributed by atoms with Gasteiger partial charge >= 0.3 is 6.18 Å². The van der Waals surface area contributed by atoms with E-state index in [1.807, 2.05) is 0 Å². The standard InChI is InChI=1S/C20H12F4N4/c21-16-8-12-2-1-7-25-17(12)9-15(16)18-10-19(27-11-26-18)28-14-5-3-13(4-6-14)20(22,23)24/h1-11H,(H,26,27,28). The molecule has 2 aromatic carbocycles. The van der Waals surface area contributed by atoms with E-state index >= 15 is 0 Å². The molecule has 140 valence electrons. The normalized spacial score (nSPS) is 11.6. The molecule has 4 nitrogen and oxygen atoms in total. The fraction of sp³-hybridized carbons (Fsp3) is 0.0500. The first-order chi connectivity index (χ1) is 13.4. The molecule has 0 amide bonds. The first-order valence-electron chi connectivity index (χ1n) is 8.21. The lowest BCUT2D eigenvalue weighted by Crippen LogP contribution is -2.04. The van der Waals surface area contributed by atoms with Crippen molar-refractivity contribution in [2.75, 3.05) is 5.32 Å². The number of benzene rings is 2. The van der Waals surface area contributed by atoms with Gasteiger partial charge in [0.2, 0.25) is 0 Å². The Balaban J connectivity index is 1.64. The summed E-state index contributed by atoms with van der Waals surface area (Å²) < 4.78 is 52.5. The summed E-state index contributed by atoms with van der Waals surface area (Å²) in [5, 5.41) is 3.56. The number of anilines is 2. The second-order valence-corrected chi connectivity index (χ2v) is 6.02. The summed E-state index contributed by atoms with van der Waals surface area (Å²) in [4.78, 5) is 12.3. The molecule has 0 spiro atoms. The molecule has 2 heterocycles. The third-order valence-corrected chi connectivity index (χ3v) is 4.12. The fourth-order valence-electron chi connectivity index (χ4n) is 2.75. The van der Waals surface area contributed by atoms with Gasteiger partial charge in [-0.2, -0.15) is 13.2 Å². The van der Waals surface area contributed by atoms with Gasteiger partial charge in [0, 0.05) is 28.9 Å². The Morgan fingerprint density at radius 1 is 0.857 bits per heavy atom. The number of fused-ring (bicyclic) bond motifs is 1. The average molecular weight is 384 g/mol. The maximum atomic E-state index is 14.5. The molecule has 0 atom stereocenters. The third-order valence-electron chi connectivity index (χ3n) is 4.12. The second-order valence-electron chi connectivity index (χ2n) is 6.02. The molecule has 4 rings (SSSR count). The van der Waals surface area contributed by atoms with Gasteiger partial charge in [-0.15, -0.1) is 0 Å². The molecule has 2 aromatic heterocycles. The molecule has 0 saturated heterocycles. The van der Waals surface area contributed by atoms with Gasteiger partial charge in [0.05, 0.1) is 16.8 Å². The van der Waals surface area contributed by atoms with E-state index < -0.39 is 17.6 Å². The number of halogens is 4. The van der Waals surface area contributed by atoms with Crippen LogP contribution in [0.15, 0.2) is 67.1 Å². The predicted octanol–water partition coefficient (Wildman–Crippen LogP) is 5.59. The molecule has 8 heteroatoms. The van der Waals surface area contributed by atoms with Gasteiger partial charge in [0.15, 0.2) is 0 Å². The van der Waals surface area contributed by atoms with Crippen molar-refractivity contribution in [2.24, 2.45) is 0 Å². The molecular weight excluding hydrogens is 372 g/mol. The average Bonchev–Trinajstić information content (AvgIpc) is 2.67. The van der Waals surface area contributed by atoms with Crippen LogP contribution in [0, 0.1) is 5.82 Å². The number of aromatic nitrogens is 3. The van der Waals surface area contributed by atoms with Crippen molar-refractivity contribution < 1.29 is 17.6 Å². The Kier molecular flexibility index (Phi) is 4.38. The topological polar surface area (TPSA) is 50.7 Å². The zero-order valence-corrected chi connectivity index (χ0v) is 14.2. The van der Waals surface area contributed by atoms with Gasteiger partial charge in [0.1, 0.15) is 18.0 Å². The highest BCUT2D eigenvalue weighted by Crippen LogP contribution is 2.31. The van der Waals surface area contributed by atoms with E-state index in [0.29, 0.717) is 28.1 Å². The molecule has 1 N–H and O–H groups in total. The number of alkyl halides is 3. The van der Waals surface area contributed by atoms with Crippen LogP contribution in [-0.2, 0) is 6.18 Å². The lowest BCUT2D eigenvalue weighted by Gasteiger charge is -2.10. The molecule has 0 aliphatic heterocycles. The van der Waals surface area contributed by atoms with Gasteiger partial charge in [-0.1, -0.05) is 6.07 Å². The van der Waals surface area contributed by atoms with Crippen molar-refractivity contribution in [3.63, 3.8) is 0 Å². The van der Waals surface area contributed by atoms with Crippen LogP contribution in [0.3, 0.4) is 0 Å². The maximum Gasteiger partial charge on any atom is 0.416 e. The molecule has 0 bridgehead atoms. The summed E-state index contributed by atoms with van der Waals surface area (Å²) in [5.41, 5.74) is 0.874. The minimum atomic E-state index is -4.40. The summed E-state index contributed by atoms with van der Waals surface area (Å²) in [6.45, 7) is 0. The monoisotopic (exact) mass is 384 g/mol. The lowest BCUT2D eigenvalue weighted by atomic mass is 10.1. The van der Waals surface area contributed by atoms with E-state index in [9.17, 15) is 17.6 Å². The first-order valence-corrected chi connectivity index (χ1v) is 8.21. The number of hydrogen-bond acceptors (Lipinski definition) is 4. The Bertz CT molecular complexity index is 1140. The minimum absolute atomic E-state index is 0.254. The van der Waals surface area contributed by atoms with Crippen LogP contribution in [0.2, 0.25) is 0 Å². The molecule has 4 aromatic rings. The van der Waals surface area contributed by atoms with Crippen molar-refractivity contribution in [3.05, 3.63) is 78.5 Å². The molecule has 0 aliphatic rings. The van der Waals surface area contributed by atoms with Crippen molar-refractivity contribution in [1.82, 2.24) is 15.0 Å². The van der Waals surface area contributed by atoms with Crippen LogP contribution in [0.1, 0.15) is 5.56 Å². The summed E-state index contributed by atoms with van der Waals surface area (Å²) in [6, 6.07) is 12.5. The molecule has 0 unspecified atom stereocenters. The van der Waals surface area contributed by atoms with Crippen LogP contribution in [0.5, 0.6) is 0 Å². The number of nitrogens with one attached hydrogen (secondary N) is 1. The number of rotatable bonds is 3. The van der Waals surface area contributed by atoms with Gasteiger partial charge < -0.3 is 5.32 Å². The Morgan fingerprint density at radius 3 is 2.39 bits per heavy atom. The van der Waals surface area contributed by atoms with E-state index in [2.05, 4.69) is 20.3 Å². The predicted molar refractivity (Wildman–Crippen MR) is 97.5 cm³/mol. The minimum Gasteiger partial charge on any atom is -0.340 e. The lowest BCUT2D eigenvalue weighted by molar-refractivity contribution is -0.137. The molecule has 0 saturated carbocycles. The van der Waals surface area contributed by atoms with Crippen LogP contribution in [0.25, 0.3) is 22.2 Å². The summed E-state index contributed by atoms with van der Waals surface area (Å²) in [6.07, 6.45) is -1.53. The highest BCUT2D eigenvalue weighted by Gasteiger charge is 2.29. The number of nitrogens with zero attached hydrogens (tertiary/aromatic N) is 3. The zero-order chi connectivity index (χ0) is 19.7. The number of hydrogen-bond donors (Lipinski definition) is 1. The fourth-order valence-corrected chi connectivity index (χ4v) is 2.75. The van der Waals surface area contributed by atoms with E-state index in [1.165, 1.54) is 30.6 Å². The third kappa shape index (κ3) is 3.62. The van der Waals surface area contributed by atoms with Gasteiger partial charge in [0.25, 0.3) is 0 Å². The quantitative estimate of drug-likeness (QED) is 0.468. The van der Waals surface area contributed by atoms with E-state index in [0.717, 1.165) is 12.1 Å². The van der Waals surface area contributed by atoms with Crippen molar-refractivity contribution >= 4 is 22.4 Å².